The Morgan fingerprint density at radius 3 is 2.59 bits per heavy atom. The van der Waals surface area contributed by atoms with Gasteiger partial charge >= 0.3 is 0 Å². The van der Waals surface area contributed by atoms with E-state index >= 15 is 0 Å². The Kier molecular flexibility index (Phi) is 8.99. The zero-order chi connectivity index (χ0) is 21.4. The van der Waals surface area contributed by atoms with Gasteiger partial charge in [0.2, 0.25) is 18.2 Å². The lowest BCUT2D eigenvalue weighted by molar-refractivity contribution is -0.164. The van der Waals surface area contributed by atoms with Crippen molar-refractivity contribution >= 4 is 34.7 Å². The lowest BCUT2D eigenvalue weighted by Gasteiger charge is -2.29. The Labute approximate surface area is 175 Å². The number of hydrogen-bond donors (Lipinski definition) is 3. The molecule has 1 heterocycles. The molecule has 3 N–H and O–H groups in total. The maximum atomic E-state index is 12.6. The van der Waals surface area contributed by atoms with Crippen molar-refractivity contribution in [2.45, 2.75) is 71.4 Å². The predicted octanol–water partition coefficient (Wildman–Crippen LogP) is 2.32. The van der Waals surface area contributed by atoms with Crippen molar-refractivity contribution < 1.29 is 19.6 Å². The van der Waals surface area contributed by atoms with E-state index < -0.39 is 6.04 Å². The largest absolute Gasteiger partial charge is 0.301 e. The number of hydrazine groups is 1. The van der Waals surface area contributed by atoms with Crippen molar-refractivity contribution in [2.24, 2.45) is 5.92 Å². The topological polar surface area (TPSA) is 115 Å². The molecule has 0 aliphatic heterocycles. The third-order valence-electron chi connectivity index (χ3n) is 5.05. The monoisotopic (exact) mass is 425 g/mol. The van der Waals surface area contributed by atoms with Crippen molar-refractivity contribution in [2.75, 3.05) is 11.9 Å². The molecule has 1 fully saturated rings. The normalized spacial score (nSPS) is 15.5. The van der Waals surface area contributed by atoms with E-state index in [1.807, 2.05) is 26.2 Å². The van der Waals surface area contributed by atoms with Crippen molar-refractivity contribution in [3.63, 3.8) is 0 Å². The molecule has 9 nitrogen and oxygen atoms in total. The summed E-state index contributed by atoms with van der Waals surface area (Å²) in [5, 5.41) is 17.1. The molecule has 162 valence electrons. The Bertz CT molecular complexity index is 690. The van der Waals surface area contributed by atoms with Gasteiger partial charge < -0.3 is 5.32 Å². The lowest BCUT2D eigenvalue weighted by atomic mass is 9.96. The van der Waals surface area contributed by atoms with Crippen molar-refractivity contribution in [3.8, 4) is 0 Å². The van der Waals surface area contributed by atoms with Gasteiger partial charge in [-0.25, -0.2) is 15.1 Å². The van der Waals surface area contributed by atoms with Gasteiger partial charge in [-0.15, -0.1) is 11.3 Å². The fourth-order valence-electron chi connectivity index (χ4n) is 3.50. The molecule has 0 saturated heterocycles. The molecule has 1 aromatic heterocycles. The number of nitrogens with one attached hydrogen (secondary N) is 2. The predicted molar refractivity (Wildman–Crippen MR) is 110 cm³/mol. The summed E-state index contributed by atoms with van der Waals surface area (Å²) in [5.41, 5.74) is 3.57. The second-order valence-corrected chi connectivity index (χ2v) is 8.69. The summed E-state index contributed by atoms with van der Waals surface area (Å²) in [6.45, 7) is 5.53. The van der Waals surface area contributed by atoms with Crippen LogP contribution in [0.5, 0.6) is 0 Å². The minimum atomic E-state index is -0.572. The fraction of sp³-hybridized carbons (Fsp3) is 0.684. The van der Waals surface area contributed by atoms with E-state index in [1.54, 1.807) is 0 Å². The molecule has 0 spiro atoms. The van der Waals surface area contributed by atoms with Crippen LogP contribution in [-0.2, 0) is 14.4 Å². The van der Waals surface area contributed by atoms with E-state index in [-0.39, 0.29) is 30.8 Å². The minimum Gasteiger partial charge on any atom is -0.301 e. The van der Waals surface area contributed by atoms with Crippen LogP contribution < -0.4 is 10.7 Å². The molecule has 1 aliphatic rings. The lowest BCUT2D eigenvalue weighted by Crippen LogP contribution is -2.51. The van der Waals surface area contributed by atoms with Gasteiger partial charge in [0, 0.05) is 11.4 Å². The van der Waals surface area contributed by atoms with E-state index in [1.165, 1.54) is 16.3 Å². The molecule has 0 aromatic carbocycles. The first-order chi connectivity index (χ1) is 13.8. The first-order valence-electron chi connectivity index (χ1n) is 9.99. The minimum absolute atomic E-state index is 0.0255. The highest BCUT2D eigenvalue weighted by Crippen LogP contribution is 2.30. The van der Waals surface area contributed by atoms with Crippen LogP contribution in [0.3, 0.4) is 0 Å². The fourth-order valence-corrected chi connectivity index (χ4v) is 4.20. The average molecular weight is 426 g/mol. The quantitative estimate of drug-likeness (QED) is 0.285. The summed E-state index contributed by atoms with van der Waals surface area (Å²) in [6.07, 6.45) is 5.31. The van der Waals surface area contributed by atoms with Gasteiger partial charge in [-0.1, -0.05) is 25.7 Å². The van der Waals surface area contributed by atoms with Crippen LogP contribution in [0.25, 0.3) is 0 Å². The second kappa shape index (κ2) is 11.2. The van der Waals surface area contributed by atoms with Crippen LogP contribution >= 0.6 is 11.3 Å². The van der Waals surface area contributed by atoms with Gasteiger partial charge in [0.05, 0.1) is 24.7 Å². The summed E-state index contributed by atoms with van der Waals surface area (Å²) in [5.74, 6) is -0.218. The van der Waals surface area contributed by atoms with Crippen LogP contribution in [0, 0.1) is 12.8 Å². The number of hydroxylamine groups is 2. The molecule has 1 atom stereocenters. The zero-order valence-electron chi connectivity index (χ0n) is 17.3. The molecule has 1 saturated carbocycles. The van der Waals surface area contributed by atoms with Crippen molar-refractivity contribution in [3.05, 3.63) is 11.1 Å². The highest BCUT2D eigenvalue weighted by atomic mass is 32.1. The Morgan fingerprint density at radius 2 is 2.03 bits per heavy atom. The first kappa shape index (κ1) is 23.2. The van der Waals surface area contributed by atoms with Crippen LogP contribution in [0.15, 0.2) is 5.38 Å². The van der Waals surface area contributed by atoms with Gasteiger partial charge in [0.15, 0.2) is 5.13 Å². The van der Waals surface area contributed by atoms with E-state index in [4.69, 9.17) is 0 Å². The van der Waals surface area contributed by atoms with E-state index in [0.717, 1.165) is 31.4 Å². The van der Waals surface area contributed by atoms with Gasteiger partial charge in [-0.05, 0) is 33.1 Å². The maximum absolute atomic E-state index is 12.6. The third-order valence-corrected chi connectivity index (χ3v) is 5.93. The molecule has 0 radical (unpaired) electrons. The van der Waals surface area contributed by atoms with Gasteiger partial charge in [0.1, 0.15) is 0 Å². The van der Waals surface area contributed by atoms with Crippen LogP contribution in [-0.4, -0.2) is 57.1 Å². The number of aryl methyl sites for hydroxylation is 1. The molecule has 1 aliphatic carbocycles. The Morgan fingerprint density at radius 1 is 1.34 bits per heavy atom. The SMILES string of the molecule is Cc1csc(NC(=O)CN(NC(=O)CC(CC2CCCC2)N(O)C=O)C(C)C)n1. The average Bonchev–Trinajstić information content (AvgIpc) is 3.31. The number of carbonyl (C=O) groups excluding carboxylic acids is 3. The van der Waals surface area contributed by atoms with Crippen LogP contribution in [0.1, 0.15) is 58.1 Å². The van der Waals surface area contributed by atoms with Crippen LogP contribution in [0.4, 0.5) is 5.13 Å². The molecule has 1 aromatic rings. The number of carbonyl (C=O) groups is 3. The molecular formula is C19H31N5O4S. The number of rotatable bonds is 11. The van der Waals surface area contributed by atoms with E-state index in [0.29, 0.717) is 28.9 Å². The molecule has 29 heavy (non-hydrogen) atoms. The summed E-state index contributed by atoms with van der Waals surface area (Å²) in [7, 11) is 0. The number of aromatic nitrogens is 1. The highest BCUT2D eigenvalue weighted by molar-refractivity contribution is 7.13. The van der Waals surface area contributed by atoms with Gasteiger partial charge in [-0.2, -0.15) is 0 Å². The van der Waals surface area contributed by atoms with Crippen molar-refractivity contribution in [1.82, 2.24) is 20.5 Å². The van der Waals surface area contributed by atoms with Crippen molar-refractivity contribution in [1.29, 1.82) is 0 Å². The van der Waals surface area contributed by atoms with E-state index in [2.05, 4.69) is 15.7 Å². The molecule has 1 unspecified atom stereocenters. The summed E-state index contributed by atoms with van der Waals surface area (Å²) >= 11 is 1.34. The Balaban J connectivity index is 1.90. The summed E-state index contributed by atoms with van der Waals surface area (Å²) in [6, 6.07) is -0.691. The number of nitrogens with zero attached hydrogens (tertiary/aromatic N) is 3. The number of anilines is 1. The third kappa shape index (κ3) is 7.71. The molecule has 10 heteroatoms. The number of hydrogen-bond acceptors (Lipinski definition) is 7. The zero-order valence-corrected chi connectivity index (χ0v) is 18.1. The maximum Gasteiger partial charge on any atom is 0.242 e. The summed E-state index contributed by atoms with van der Waals surface area (Å²) < 4.78 is 0. The summed E-state index contributed by atoms with van der Waals surface area (Å²) in [4.78, 5) is 40.1. The van der Waals surface area contributed by atoms with Gasteiger partial charge in [-0.3, -0.25) is 25.0 Å². The number of amides is 3. The molecule has 0 bridgehead atoms. The molecule has 2 rings (SSSR count). The van der Waals surface area contributed by atoms with Crippen LogP contribution in [0.2, 0.25) is 0 Å². The number of thiazole rings is 1. The highest BCUT2D eigenvalue weighted by Gasteiger charge is 2.27. The van der Waals surface area contributed by atoms with Gasteiger partial charge in [0.25, 0.3) is 0 Å². The smallest absolute Gasteiger partial charge is 0.242 e. The van der Waals surface area contributed by atoms with E-state index in [9.17, 15) is 19.6 Å². The second-order valence-electron chi connectivity index (χ2n) is 7.83. The first-order valence-corrected chi connectivity index (χ1v) is 10.9. The molecule has 3 amide bonds. The molecular weight excluding hydrogens is 394 g/mol. The Hall–Kier alpha value is -2.04. The standard InChI is InChI=1S/C19H31N5O4S/c1-13(2)23(10-18(27)21-19-20-14(3)11-29-19)22-17(26)9-16(24(28)12-25)8-15-6-4-5-7-15/h11-13,15-16,28H,4-10H2,1-3H3,(H,22,26)(H,20,21,27).